The molecule has 0 amide bonds. The smallest absolute Gasteiger partial charge is 0.321 e. The molecule has 5 nitrogen and oxygen atoms in total. The van der Waals surface area contributed by atoms with Crippen molar-refractivity contribution in [3.8, 4) is 0 Å². The number of esters is 1. The third kappa shape index (κ3) is 4.79. The molecule has 0 saturated heterocycles. The minimum absolute atomic E-state index is 0.158. The Morgan fingerprint density at radius 2 is 2.00 bits per heavy atom. The molecule has 1 aromatic rings. The molecule has 0 saturated carbocycles. The van der Waals surface area contributed by atoms with Crippen LogP contribution in [0.3, 0.4) is 0 Å². The fourth-order valence-electron chi connectivity index (χ4n) is 1.84. The lowest BCUT2D eigenvalue weighted by Crippen LogP contribution is -2.37. The van der Waals surface area contributed by atoms with Crippen LogP contribution in [0.2, 0.25) is 0 Å². The van der Waals surface area contributed by atoms with E-state index in [2.05, 4.69) is 15.9 Å². The van der Waals surface area contributed by atoms with Gasteiger partial charge in [0.05, 0.1) is 11.5 Å². The van der Waals surface area contributed by atoms with Crippen LogP contribution in [-0.4, -0.2) is 38.4 Å². The molecule has 1 rings (SSSR count). The molecule has 0 aliphatic carbocycles. The van der Waals surface area contributed by atoms with Crippen molar-refractivity contribution >= 4 is 31.9 Å². The largest absolute Gasteiger partial charge is 0.465 e. The molecule has 0 N–H and O–H groups in total. The molecule has 118 valence electrons. The van der Waals surface area contributed by atoms with Crippen LogP contribution in [-0.2, 0) is 19.6 Å². The number of sulfonamides is 1. The van der Waals surface area contributed by atoms with Crippen molar-refractivity contribution in [2.24, 2.45) is 0 Å². The Hall–Kier alpha value is -0.920. The van der Waals surface area contributed by atoms with Gasteiger partial charge in [-0.15, -0.1) is 0 Å². The van der Waals surface area contributed by atoms with Crippen molar-refractivity contribution in [1.82, 2.24) is 4.31 Å². The lowest BCUT2D eigenvalue weighted by molar-refractivity contribution is -0.143. The average molecular weight is 378 g/mol. The number of halogens is 1. The van der Waals surface area contributed by atoms with Crippen LogP contribution in [0.4, 0.5) is 0 Å². The first-order valence-corrected chi connectivity index (χ1v) is 8.98. The number of benzene rings is 1. The SMILES string of the molecule is CCCN(CC(=O)OCC)S(=O)(=O)c1ccc(C)cc1Br. The van der Waals surface area contributed by atoms with Gasteiger partial charge < -0.3 is 4.74 Å². The van der Waals surface area contributed by atoms with Gasteiger partial charge in [0.25, 0.3) is 0 Å². The van der Waals surface area contributed by atoms with Gasteiger partial charge in [-0.25, -0.2) is 8.42 Å². The van der Waals surface area contributed by atoms with Crippen molar-refractivity contribution in [2.75, 3.05) is 19.7 Å². The number of nitrogens with zero attached hydrogens (tertiary/aromatic N) is 1. The van der Waals surface area contributed by atoms with E-state index in [9.17, 15) is 13.2 Å². The highest BCUT2D eigenvalue weighted by atomic mass is 79.9. The van der Waals surface area contributed by atoms with Crippen molar-refractivity contribution in [1.29, 1.82) is 0 Å². The number of carbonyl (C=O) groups is 1. The second-order valence-corrected chi connectivity index (χ2v) is 7.34. The molecule has 1 aromatic carbocycles. The average Bonchev–Trinajstić information content (AvgIpc) is 2.38. The summed E-state index contributed by atoms with van der Waals surface area (Å²) in [7, 11) is -3.74. The summed E-state index contributed by atoms with van der Waals surface area (Å²) in [6.07, 6.45) is 0.613. The Balaban J connectivity index is 3.12. The molecule has 0 spiro atoms. The van der Waals surface area contributed by atoms with E-state index in [0.717, 1.165) is 9.87 Å². The Labute approximate surface area is 134 Å². The van der Waals surface area contributed by atoms with Gasteiger partial charge in [0.15, 0.2) is 0 Å². The van der Waals surface area contributed by atoms with Gasteiger partial charge in [-0.3, -0.25) is 4.79 Å². The topological polar surface area (TPSA) is 63.7 Å². The van der Waals surface area contributed by atoms with Crippen molar-refractivity contribution in [2.45, 2.75) is 32.1 Å². The quantitative estimate of drug-likeness (QED) is 0.685. The fraction of sp³-hybridized carbons (Fsp3) is 0.500. The Morgan fingerprint density at radius 1 is 1.33 bits per heavy atom. The minimum Gasteiger partial charge on any atom is -0.465 e. The van der Waals surface area contributed by atoms with Crippen LogP contribution < -0.4 is 0 Å². The number of rotatable bonds is 7. The highest BCUT2D eigenvalue weighted by Gasteiger charge is 2.28. The van der Waals surface area contributed by atoms with E-state index in [1.165, 1.54) is 0 Å². The first-order valence-electron chi connectivity index (χ1n) is 6.74. The molecule has 21 heavy (non-hydrogen) atoms. The number of aryl methyl sites for hydroxylation is 1. The van der Waals surface area contributed by atoms with Crippen LogP contribution in [0, 0.1) is 6.92 Å². The maximum Gasteiger partial charge on any atom is 0.321 e. The van der Waals surface area contributed by atoms with Gasteiger partial charge >= 0.3 is 5.97 Å². The molecule has 0 aromatic heterocycles. The predicted molar refractivity (Wildman–Crippen MR) is 84.6 cm³/mol. The normalized spacial score (nSPS) is 11.7. The van der Waals surface area contributed by atoms with Gasteiger partial charge in [0.2, 0.25) is 10.0 Å². The standard InChI is InChI=1S/C14H20BrNO4S/c1-4-8-16(10-14(17)20-5-2)21(18,19)13-7-6-11(3)9-12(13)15/h6-7,9H,4-5,8,10H2,1-3H3. The molecule has 0 atom stereocenters. The lowest BCUT2D eigenvalue weighted by Gasteiger charge is -2.21. The molecule has 7 heteroatoms. The van der Waals surface area contributed by atoms with E-state index >= 15 is 0 Å². The van der Waals surface area contributed by atoms with E-state index in [-0.39, 0.29) is 24.6 Å². The number of carbonyl (C=O) groups excluding carboxylic acids is 1. The first kappa shape index (κ1) is 18.1. The summed E-state index contributed by atoms with van der Waals surface area (Å²) in [5.41, 5.74) is 0.952. The van der Waals surface area contributed by atoms with Crippen LogP contribution >= 0.6 is 15.9 Å². The molecule has 0 bridgehead atoms. The van der Waals surface area contributed by atoms with Gasteiger partial charge in [-0.05, 0) is 53.9 Å². The molecule has 0 radical (unpaired) electrons. The summed E-state index contributed by atoms with van der Waals surface area (Å²) < 4.78 is 31.9. The van der Waals surface area contributed by atoms with Gasteiger partial charge in [-0.2, -0.15) is 4.31 Å². The summed E-state index contributed by atoms with van der Waals surface area (Å²) in [6, 6.07) is 5.01. The first-order chi connectivity index (χ1) is 9.82. The minimum atomic E-state index is -3.74. The predicted octanol–water partition coefficient (Wildman–Crippen LogP) is 2.72. The highest BCUT2D eigenvalue weighted by molar-refractivity contribution is 9.10. The number of hydrogen-bond acceptors (Lipinski definition) is 4. The zero-order valence-corrected chi connectivity index (χ0v) is 14.8. The molecule has 0 fully saturated rings. The van der Waals surface area contributed by atoms with Gasteiger partial charge in [-0.1, -0.05) is 13.0 Å². The molecular formula is C14H20BrNO4S. The summed E-state index contributed by atoms with van der Waals surface area (Å²) in [4.78, 5) is 11.8. The Kier molecular flexibility index (Phi) is 6.83. The highest BCUT2D eigenvalue weighted by Crippen LogP contribution is 2.26. The molecule has 0 heterocycles. The van der Waals surface area contributed by atoms with E-state index < -0.39 is 16.0 Å². The van der Waals surface area contributed by atoms with Crippen LogP contribution in [0.25, 0.3) is 0 Å². The third-order valence-corrected chi connectivity index (χ3v) is 5.61. The summed E-state index contributed by atoms with van der Waals surface area (Å²) in [6.45, 7) is 5.65. The molecule has 0 aliphatic heterocycles. The van der Waals surface area contributed by atoms with Crippen LogP contribution in [0.15, 0.2) is 27.6 Å². The maximum atomic E-state index is 12.7. The summed E-state index contributed by atoms with van der Waals surface area (Å²) >= 11 is 3.28. The van der Waals surface area contributed by atoms with Crippen molar-refractivity contribution in [3.63, 3.8) is 0 Å². The Bertz CT molecular complexity index is 601. The Morgan fingerprint density at radius 3 is 2.52 bits per heavy atom. The van der Waals surface area contributed by atoms with Gasteiger partial charge in [0, 0.05) is 11.0 Å². The van der Waals surface area contributed by atoms with Crippen molar-refractivity contribution < 1.29 is 17.9 Å². The second kappa shape index (κ2) is 7.91. The number of hydrogen-bond donors (Lipinski definition) is 0. The number of ether oxygens (including phenoxy) is 1. The molecular weight excluding hydrogens is 358 g/mol. The van der Waals surface area contributed by atoms with Gasteiger partial charge in [0.1, 0.15) is 6.54 Å². The van der Waals surface area contributed by atoms with E-state index in [1.54, 1.807) is 25.1 Å². The summed E-state index contributed by atoms with van der Waals surface area (Å²) in [5.74, 6) is -0.544. The summed E-state index contributed by atoms with van der Waals surface area (Å²) in [5, 5.41) is 0. The van der Waals surface area contributed by atoms with Crippen molar-refractivity contribution in [3.05, 3.63) is 28.2 Å². The van der Waals surface area contributed by atoms with E-state index in [1.807, 2.05) is 13.8 Å². The third-order valence-electron chi connectivity index (χ3n) is 2.79. The maximum absolute atomic E-state index is 12.7. The van der Waals surface area contributed by atoms with Crippen LogP contribution in [0.1, 0.15) is 25.8 Å². The zero-order valence-electron chi connectivity index (χ0n) is 12.4. The molecule has 0 aliphatic rings. The van der Waals surface area contributed by atoms with Crippen LogP contribution in [0.5, 0.6) is 0 Å². The fourth-order valence-corrected chi connectivity index (χ4v) is 4.47. The monoisotopic (exact) mass is 377 g/mol. The second-order valence-electron chi connectivity index (χ2n) is 4.58. The lowest BCUT2D eigenvalue weighted by atomic mass is 10.2. The molecule has 0 unspecified atom stereocenters. The van der Waals surface area contributed by atoms with E-state index in [0.29, 0.717) is 10.9 Å². The van der Waals surface area contributed by atoms with E-state index in [4.69, 9.17) is 4.74 Å². The zero-order chi connectivity index (χ0) is 16.0.